The summed E-state index contributed by atoms with van der Waals surface area (Å²) in [6.07, 6.45) is 1.13. The highest BCUT2D eigenvalue weighted by Gasteiger charge is 2.13. The normalized spacial score (nSPS) is 10.3. The third kappa shape index (κ3) is 2.79. The molecule has 0 fully saturated rings. The summed E-state index contributed by atoms with van der Waals surface area (Å²) in [4.78, 5) is 14.6. The Morgan fingerprint density at radius 1 is 1.37 bits per heavy atom. The van der Waals surface area contributed by atoms with Gasteiger partial charge in [-0.15, -0.1) is 0 Å². The molecule has 2 aromatic rings. The van der Waals surface area contributed by atoms with Crippen LogP contribution < -0.4 is 10.5 Å². The first kappa shape index (κ1) is 13.2. The molecule has 1 heterocycles. The second-order valence-electron chi connectivity index (χ2n) is 3.53. The zero-order chi connectivity index (χ0) is 14.0. The van der Waals surface area contributed by atoms with Crippen molar-refractivity contribution in [1.82, 2.24) is 4.98 Å². The summed E-state index contributed by atoms with van der Waals surface area (Å²) < 4.78 is 31.4. The summed E-state index contributed by atoms with van der Waals surface area (Å²) in [7, 11) is 0. The fourth-order valence-electron chi connectivity index (χ4n) is 1.30. The number of hydrogen-bond donors (Lipinski definition) is 1. The van der Waals surface area contributed by atoms with Crippen molar-refractivity contribution >= 4 is 17.5 Å². The van der Waals surface area contributed by atoms with E-state index in [-0.39, 0.29) is 22.2 Å². The number of aromatic nitrogens is 1. The van der Waals surface area contributed by atoms with Crippen LogP contribution in [0.4, 0.5) is 8.78 Å². The van der Waals surface area contributed by atoms with E-state index in [2.05, 4.69) is 4.98 Å². The molecule has 0 unspecified atom stereocenters. The number of carbonyl (C=O) groups excluding carboxylic acids is 1. The molecule has 7 heteroatoms. The van der Waals surface area contributed by atoms with Gasteiger partial charge in [0.1, 0.15) is 5.02 Å². The molecule has 98 valence electrons. The Labute approximate surface area is 111 Å². The van der Waals surface area contributed by atoms with Gasteiger partial charge in [0.15, 0.2) is 11.6 Å². The van der Waals surface area contributed by atoms with Crippen molar-refractivity contribution in [2.75, 3.05) is 0 Å². The van der Waals surface area contributed by atoms with Crippen molar-refractivity contribution in [2.24, 2.45) is 5.73 Å². The van der Waals surface area contributed by atoms with Crippen LogP contribution >= 0.6 is 11.6 Å². The molecule has 2 N–H and O–H groups in total. The number of nitrogens with two attached hydrogens (primary N) is 1. The molecule has 4 nitrogen and oxygen atoms in total. The van der Waals surface area contributed by atoms with Gasteiger partial charge in [0, 0.05) is 6.20 Å². The molecule has 0 bridgehead atoms. The summed E-state index contributed by atoms with van der Waals surface area (Å²) in [6.45, 7) is 0. The van der Waals surface area contributed by atoms with Gasteiger partial charge in [-0.2, -0.15) is 4.39 Å². The number of pyridine rings is 1. The van der Waals surface area contributed by atoms with Gasteiger partial charge in [0.25, 0.3) is 0 Å². The van der Waals surface area contributed by atoms with E-state index in [1.165, 1.54) is 18.2 Å². The fraction of sp³-hybridized carbons (Fsp3) is 0. The number of rotatable bonds is 3. The second kappa shape index (κ2) is 5.19. The summed E-state index contributed by atoms with van der Waals surface area (Å²) in [5.41, 5.74) is 5.12. The minimum atomic E-state index is -1.15. The first-order valence-electron chi connectivity index (χ1n) is 5.06. The van der Waals surface area contributed by atoms with Gasteiger partial charge >= 0.3 is 0 Å². The lowest BCUT2D eigenvalue weighted by atomic mass is 10.3. The lowest BCUT2D eigenvalue weighted by Crippen LogP contribution is -2.11. The van der Waals surface area contributed by atoms with Gasteiger partial charge in [0.05, 0.1) is 5.56 Å². The molecular weight excluding hydrogens is 278 g/mol. The lowest BCUT2D eigenvalue weighted by Gasteiger charge is -2.08. The first-order valence-corrected chi connectivity index (χ1v) is 5.44. The van der Waals surface area contributed by atoms with Crippen LogP contribution in [0.2, 0.25) is 5.02 Å². The Balaban J connectivity index is 2.34. The number of primary amides is 1. The number of nitrogens with zero attached hydrogens (tertiary/aromatic N) is 1. The third-order valence-corrected chi connectivity index (χ3v) is 2.49. The highest BCUT2D eigenvalue weighted by atomic mass is 35.5. The summed E-state index contributed by atoms with van der Waals surface area (Å²) in [6, 6.07) is 4.68. The maximum absolute atomic E-state index is 13.4. The van der Waals surface area contributed by atoms with Crippen LogP contribution in [0.25, 0.3) is 0 Å². The van der Waals surface area contributed by atoms with Gasteiger partial charge in [0.2, 0.25) is 17.6 Å². The maximum Gasteiger partial charge on any atom is 0.250 e. The van der Waals surface area contributed by atoms with E-state index >= 15 is 0 Å². The van der Waals surface area contributed by atoms with Crippen LogP contribution in [0.1, 0.15) is 10.4 Å². The minimum Gasteiger partial charge on any atom is -0.434 e. The summed E-state index contributed by atoms with van der Waals surface area (Å²) in [5.74, 6) is -3.43. The van der Waals surface area contributed by atoms with E-state index in [1.807, 2.05) is 0 Å². The Morgan fingerprint density at radius 3 is 2.74 bits per heavy atom. The summed E-state index contributed by atoms with van der Waals surface area (Å²) in [5, 5.41) is -0.0417. The Bertz CT molecular complexity index is 650. The van der Waals surface area contributed by atoms with Crippen molar-refractivity contribution in [3.8, 4) is 11.6 Å². The number of benzene rings is 1. The third-order valence-electron chi connectivity index (χ3n) is 2.21. The number of carbonyl (C=O) groups is 1. The van der Waals surface area contributed by atoms with Gasteiger partial charge < -0.3 is 10.5 Å². The largest absolute Gasteiger partial charge is 0.434 e. The van der Waals surface area contributed by atoms with Crippen LogP contribution in [-0.2, 0) is 0 Å². The number of ether oxygens (including phenoxy) is 1. The lowest BCUT2D eigenvalue weighted by molar-refractivity contribution is 0.1000. The van der Waals surface area contributed by atoms with E-state index < -0.39 is 17.5 Å². The van der Waals surface area contributed by atoms with Crippen molar-refractivity contribution in [3.63, 3.8) is 0 Å². The average molecular weight is 285 g/mol. The van der Waals surface area contributed by atoms with E-state index in [9.17, 15) is 13.6 Å². The molecule has 0 aliphatic carbocycles. The molecule has 1 aromatic carbocycles. The first-order chi connectivity index (χ1) is 8.99. The molecule has 2 rings (SSSR count). The van der Waals surface area contributed by atoms with Crippen molar-refractivity contribution in [3.05, 3.63) is 52.7 Å². The SMILES string of the molecule is NC(=O)c1cnc(Oc2cccc(F)c2F)c(Cl)c1. The van der Waals surface area contributed by atoms with Crippen molar-refractivity contribution < 1.29 is 18.3 Å². The van der Waals surface area contributed by atoms with Gasteiger partial charge in [-0.05, 0) is 18.2 Å². The Morgan fingerprint density at radius 2 is 2.11 bits per heavy atom. The molecule has 0 spiro atoms. The molecule has 0 aliphatic heterocycles. The van der Waals surface area contributed by atoms with Crippen LogP contribution in [-0.4, -0.2) is 10.9 Å². The smallest absolute Gasteiger partial charge is 0.250 e. The van der Waals surface area contributed by atoms with E-state index in [0.29, 0.717) is 0 Å². The highest BCUT2D eigenvalue weighted by Crippen LogP contribution is 2.29. The second-order valence-corrected chi connectivity index (χ2v) is 3.94. The zero-order valence-corrected chi connectivity index (χ0v) is 10.1. The van der Waals surface area contributed by atoms with E-state index in [1.54, 1.807) is 0 Å². The maximum atomic E-state index is 13.4. The predicted molar refractivity (Wildman–Crippen MR) is 64.2 cm³/mol. The molecule has 1 aromatic heterocycles. The average Bonchev–Trinajstić information content (AvgIpc) is 2.37. The molecule has 0 saturated heterocycles. The molecule has 1 amide bonds. The Hall–Kier alpha value is -2.21. The highest BCUT2D eigenvalue weighted by molar-refractivity contribution is 6.32. The monoisotopic (exact) mass is 284 g/mol. The van der Waals surface area contributed by atoms with Gasteiger partial charge in [-0.25, -0.2) is 9.37 Å². The zero-order valence-electron chi connectivity index (χ0n) is 9.36. The topological polar surface area (TPSA) is 65.2 Å². The van der Waals surface area contributed by atoms with E-state index in [4.69, 9.17) is 22.1 Å². The molecule has 0 aliphatic rings. The van der Waals surface area contributed by atoms with Crippen LogP contribution in [0, 0.1) is 11.6 Å². The molecular formula is C12H7ClF2N2O2. The van der Waals surface area contributed by atoms with Gasteiger partial charge in [-0.3, -0.25) is 4.79 Å². The molecule has 0 atom stereocenters. The Kier molecular flexibility index (Phi) is 3.62. The minimum absolute atomic E-state index is 0.0417. The van der Waals surface area contributed by atoms with Crippen LogP contribution in [0.5, 0.6) is 11.6 Å². The molecule has 0 saturated carbocycles. The molecule has 19 heavy (non-hydrogen) atoms. The standard InChI is InChI=1S/C12H7ClF2N2O2/c13-7-4-6(11(16)18)5-17-12(7)19-9-3-1-2-8(14)10(9)15/h1-5H,(H2,16,18). The predicted octanol–water partition coefficient (Wildman–Crippen LogP) is 2.90. The van der Waals surface area contributed by atoms with Crippen LogP contribution in [0.15, 0.2) is 30.5 Å². The number of amides is 1. The van der Waals surface area contributed by atoms with Crippen LogP contribution in [0.3, 0.4) is 0 Å². The number of halogens is 3. The quantitative estimate of drug-likeness (QED) is 0.942. The van der Waals surface area contributed by atoms with E-state index in [0.717, 1.165) is 12.3 Å². The molecule has 0 radical (unpaired) electrons. The summed E-state index contributed by atoms with van der Waals surface area (Å²) >= 11 is 5.80. The van der Waals surface area contributed by atoms with Crippen molar-refractivity contribution in [2.45, 2.75) is 0 Å². The van der Waals surface area contributed by atoms with Gasteiger partial charge in [-0.1, -0.05) is 17.7 Å². The van der Waals surface area contributed by atoms with Crippen molar-refractivity contribution in [1.29, 1.82) is 0 Å². The fourth-order valence-corrected chi connectivity index (χ4v) is 1.51. The number of hydrogen-bond acceptors (Lipinski definition) is 3.